The van der Waals surface area contributed by atoms with Gasteiger partial charge in [0, 0.05) is 13.1 Å². The quantitative estimate of drug-likeness (QED) is 0.493. The minimum absolute atomic E-state index is 0.0282. The van der Waals surface area contributed by atoms with E-state index in [1.807, 2.05) is 0 Å². The second-order valence-corrected chi connectivity index (χ2v) is 9.63. The third-order valence-corrected chi connectivity index (χ3v) is 7.39. The highest BCUT2D eigenvalue weighted by molar-refractivity contribution is 7.94. The predicted octanol–water partition coefficient (Wildman–Crippen LogP) is 1.73. The molecular weight excluding hydrogens is 420 g/mol. The molecule has 1 saturated carbocycles. The Labute approximate surface area is 172 Å². The Morgan fingerprint density at radius 3 is 2.43 bits per heavy atom. The smallest absolute Gasteiger partial charge is 0.287 e. The lowest BCUT2D eigenvalue weighted by Crippen LogP contribution is -2.35. The van der Waals surface area contributed by atoms with Gasteiger partial charge in [0.05, 0.1) is 28.8 Å². The minimum atomic E-state index is -4.12. The van der Waals surface area contributed by atoms with Crippen LogP contribution in [-0.4, -0.2) is 40.7 Å². The summed E-state index contributed by atoms with van der Waals surface area (Å²) in [7, 11) is -2.90. The van der Waals surface area contributed by atoms with E-state index in [0.29, 0.717) is 5.56 Å². The molecular formula is C19H23F2N3O5S. The van der Waals surface area contributed by atoms with E-state index in [-0.39, 0.29) is 36.5 Å². The molecule has 1 aromatic heterocycles. The first-order valence-electron chi connectivity index (χ1n) is 9.24. The molecule has 8 nitrogen and oxygen atoms in total. The molecule has 2 aromatic rings. The van der Waals surface area contributed by atoms with Crippen LogP contribution >= 0.6 is 0 Å². The van der Waals surface area contributed by atoms with Crippen LogP contribution in [-0.2, 0) is 17.1 Å². The van der Waals surface area contributed by atoms with Gasteiger partial charge in [-0.3, -0.25) is 14.1 Å². The highest BCUT2D eigenvalue weighted by atomic mass is 32.2. The van der Waals surface area contributed by atoms with Crippen molar-refractivity contribution < 1.29 is 27.4 Å². The van der Waals surface area contributed by atoms with Crippen LogP contribution in [0, 0.1) is 18.6 Å². The van der Waals surface area contributed by atoms with Crippen molar-refractivity contribution in [3.05, 3.63) is 51.8 Å². The number of nitrogens with one attached hydrogen (secondary N) is 2. The number of sulfonamides is 1. The summed E-state index contributed by atoms with van der Waals surface area (Å²) in [6, 6.07) is 5.01. The van der Waals surface area contributed by atoms with Gasteiger partial charge in [0.1, 0.15) is 11.6 Å². The lowest BCUT2D eigenvalue weighted by molar-refractivity contribution is 0.0858. The van der Waals surface area contributed by atoms with Crippen molar-refractivity contribution in [3.8, 4) is 0 Å². The van der Waals surface area contributed by atoms with Gasteiger partial charge in [0.2, 0.25) is 10.0 Å². The van der Waals surface area contributed by atoms with Crippen LogP contribution in [0.4, 0.5) is 26.0 Å². The third-order valence-electron chi connectivity index (χ3n) is 5.19. The number of aliphatic hydroxyl groups excluding tert-OH is 2. The molecule has 1 aromatic carbocycles. The Hall–Kier alpha value is -2.50. The molecule has 1 aliphatic carbocycles. The summed E-state index contributed by atoms with van der Waals surface area (Å²) < 4.78 is 56.1. The summed E-state index contributed by atoms with van der Waals surface area (Å²) in [5, 5.41) is 21.4. The fourth-order valence-corrected chi connectivity index (χ4v) is 4.96. The van der Waals surface area contributed by atoms with Crippen molar-refractivity contribution in [2.75, 3.05) is 16.6 Å². The molecule has 1 heterocycles. The van der Waals surface area contributed by atoms with Crippen molar-refractivity contribution in [2.24, 2.45) is 7.05 Å². The lowest BCUT2D eigenvalue weighted by Gasteiger charge is -2.22. The average Bonchev–Trinajstić information content (AvgIpc) is 3.45. The Bertz CT molecular complexity index is 1130. The summed E-state index contributed by atoms with van der Waals surface area (Å²) >= 11 is 0. The van der Waals surface area contributed by atoms with Crippen LogP contribution in [0.3, 0.4) is 0 Å². The van der Waals surface area contributed by atoms with E-state index < -0.39 is 44.7 Å². The first-order valence-corrected chi connectivity index (χ1v) is 10.7. The highest BCUT2D eigenvalue weighted by Gasteiger charge is 2.55. The maximum atomic E-state index is 14.3. The predicted molar refractivity (Wildman–Crippen MR) is 108 cm³/mol. The van der Waals surface area contributed by atoms with Crippen molar-refractivity contribution in [2.45, 2.75) is 37.0 Å². The Morgan fingerprint density at radius 2 is 1.87 bits per heavy atom. The summed E-state index contributed by atoms with van der Waals surface area (Å²) in [5.74, 6) is -1.97. The largest absolute Gasteiger partial charge is 0.394 e. The number of aromatic nitrogens is 1. The second-order valence-electron chi connectivity index (χ2n) is 7.56. The number of aliphatic hydroxyl groups is 2. The number of pyridine rings is 1. The van der Waals surface area contributed by atoms with Crippen LogP contribution in [0.1, 0.15) is 24.8 Å². The molecule has 30 heavy (non-hydrogen) atoms. The van der Waals surface area contributed by atoms with Crippen LogP contribution in [0.15, 0.2) is 29.1 Å². The average molecular weight is 443 g/mol. The Morgan fingerprint density at radius 1 is 1.20 bits per heavy atom. The van der Waals surface area contributed by atoms with Crippen molar-refractivity contribution in [1.29, 1.82) is 0 Å². The molecule has 0 aliphatic heterocycles. The molecule has 1 fully saturated rings. The topological polar surface area (TPSA) is 121 Å². The fourth-order valence-electron chi connectivity index (χ4n) is 3.25. The molecule has 4 N–H and O–H groups in total. The van der Waals surface area contributed by atoms with E-state index in [2.05, 4.69) is 10.0 Å². The zero-order valence-corrected chi connectivity index (χ0v) is 17.3. The van der Waals surface area contributed by atoms with Crippen LogP contribution in [0.25, 0.3) is 0 Å². The third kappa shape index (κ3) is 4.18. The maximum absolute atomic E-state index is 14.3. The zero-order chi connectivity index (χ0) is 22.3. The van der Waals surface area contributed by atoms with E-state index >= 15 is 0 Å². The van der Waals surface area contributed by atoms with Crippen LogP contribution < -0.4 is 15.6 Å². The normalized spacial score (nSPS) is 16.2. The molecule has 1 unspecified atom stereocenters. The molecule has 164 valence electrons. The molecule has 0 spiro atoms. The van der Waals surface area contributed by atoms with Gasteiger partial charge in [0.15, 0.2) is 5.82 Å². The monoisotopic (exact) mass is 443 g/mol. The van der Waals surface area contributed by atoms with E-state index in [1.54, 1.807) is 13.0 Å². The number of aryl methyl sites for hydroxylation is 1. The zero-order valence-electron chi connectivity index (χ0n) is 16.4. The maximum Gasteiger partial charge on any atom is 0.287 e. The van der Waals surface area contributed by atoms with Crippen molar-refractivity contribution in [1.82, 2.24) is 4.57 Å². The number of benzene rings is 1. The molecule has 0 bridgehead atoms. The second kappa shape index (κ2) is 7.97. The van der Waals surface area contributed by atoms with Crippen LogP contribution in [0.2, 0.25) is 0 Å². The highest BCUT2D eigenvalue weighted by Crippen LogP contribution is 2.48. The van der Waals surface area contributed by atoms with E-state index in [4.69, 9.17) is 5.11 Å². The summed E-state index contributed by atoms with van der Waals surface area (Å²) in [6.07, 6.45) is -0.908. The Kier molecular flexibility index (Phi) is 5.89. The molecule has 0 radical (unpaired) electrons. The number of halogens is 2. The molecule has 11 heteroatoms. The molecule has 0 saturated heterocycles. The fraction of sp³-hybridized carbons (Fsp3) is 0.421. The van der Waals surface area contributed by atoms with Gasteiger partial charge >= 0.3 is 0 Å². The minimum Gasteiger partial charge on any atom is -0.394 e. The lowest BCUT2D eigenvalue weighted by atomic mass is 10.2. The van der Waals surface area contributed by atoms with Crippen molar-refractivity contribution >= 4 is 27.2 Å². The van der Waals surface area contributed by atoms with E-state index in [0.717, 1.165) is 10.6 Å². The SMILES string of the molecule is Cc1ccc(Nc2c(NS(=O)(=O)C3(CC(O)CO)CC3)cc(F)c(=O)n2C)c(F)c1. The van der Waals surface area contributed by atoms with E-state index in [9.17, 15) is 27.1 Å². The first kappa shape index (κ1) is 22.2. The van der Waals surface area contributed by atoms with Gasteiger partial charge in [-0.05, 0) is 43.9 Å². The standard InChI is InChI=1S/C19H23F2N3O5S/c1-11-3-4-15(13(20)7-11)22-17-16(8-14(21)18(27)24(17)2)23-30(28,29)19(5-6-19)9-12(26)10-25/h3-4,7-8,12,22-23,25-26H,5-6,9-10H2,1-2H3. The Balaban J connectivity index is 2.01. The van der Waals surface area contributed by atoms with Gasteiger partial charge in [-0.25, -0.2) is 17.2 Å². The number of rotatable bonds is 8. The molecule has 3 rings (SSSR count). The molecule has 1 aliphatic rings. The van der Waals surface area contributed by atoms with Gasteiger partial charge in [-0.2, -0.15) is 0 Å². The summed E-state index contributed by atoms with van der Waals surface area (Å²) in [5.41, 5.74) is -0.672. The molecule has 1 atom stereocenters. The number of anilines is 3. The van der Waals surface area contributed by atoms with E-state index in [1.165, 1.54) is 19.2 Å². The van der Waals surface area contributed by atoms with Gasteiger partial charge in [-0.1, -0.05) is 6.07 Å². The van der Waals surface area contributed by atoms with Crippen LogP contribution in [0.5, 0.6) is 0 Å². The summed E-state index contributed by atoms with van der Waals surface area (Å²) in [4.78, 5) is 12.0. The van der Waals surface area contributed by atoms with Crippen molar-refractivity contribution in [3.63, 3.8) is 0 Å². The number of nitrogens with zero attached hydrogens (tertiary/aromatic N) is 1. The summed E-state index contributed by atoms with van der Waals surface area (Å²) in [6.45, 7) is 1.10. The van der Waals surface area contributed by atoms with Gasteiger partial charge in [0.25, 0.3) is 5.56 Å². The number of hydrogen-bond acceptors (Lipinski definition) is 6. The molecule has 0 amide bonds. The number of hydrogen-bond donors (Lipinski definition) is 4. The van der Waals surface area contributed by atoms with Gasteiger partial charge in [-0.15, -0.1) is 0 Å². The first-order chi connectivity index (χ1) is 14.0. The van der Waals surface area contributed by atoms with Gasteiger partial charge < -0.3 is 15.5 Å².